The van der Waals surface area contributed by atoms with Crippen LogP contribution in [-0.2, 0) is 23.2 Å². The maximum atomic E-state index is 12.5. The molecule has 0 aliphatic carbocycles. The fourth-order valence-corrected chi connectivity index (χ4v) is 3.36. The maximum Gasteiger partial charge on any atom is 0.471 e. The third kappa shape index (κ3) is 3.40. The van der Waals surface area contributed by atoms with Crippen LogP contribution in [0.4, 0.5) is 18.9 Å². The average molecular weight is 387 g/mol. The van der Waals surface area contributed by atoms with Crippen molar-refractivity contribution in [1.82, 2.24) is 19.9 Å². The van der Waals surface area contributed by atoms with Crippen LogP contribution in [0.1, 0.15) is 11.6 Å². The van der Waals surface area contributed by atoms with E-state index in [0.29, 0.717) is 5.69 Å². The molecular weight excluding hydrogens is 375 g/mol. The summed E-state index contributed by atoms with van der Waals surface area (Å²) in [6.45, 7) is 1.61. The van der Waals surface area contributed by atoms with Gasteiger partial charge in [0, 0.05) is 18.3 Å². The number of benzene rings is 1. The van der Waals surface area contributed by atoms with E-state index < -0.39 is 22.1 Å². The molecule has 8 nitrogen and oxygen atoms in total. The highest BCUT2D eigenvalue weighted by atomic mass is 32.2. The van der Waals surface area contributed by atoms with Crippen LogP contribution in [-0.4, -0.2) is 28.3 Å². The molecule has 0 aliphatic rings. The molecule has 0 radical (unpaired) electrons. The Balaban J connectivity index is 1.82. The molecule has 1 aromatic carbocycles. The number of nitrogens with one attached hydrogen (secondary N) is 1. The zero-order valence-corrected chi connectivity index (χ0v) is 14.3. The number of rotatable bonds is 4. The Morgan fingerprint density at radius 1 is 1.19 bits per heavy atom. The Morgan fingerprint density at radius 3 is 2.35 bits per heavy atom. The first-order valence-corrected chi connectivity index (χ1v) is 8.59. The molecule has 2 aromatic heterocycles. The van der Waals surface area contributed by atoms with E-state index in [-0.39, 0.29) is 22.0 Å². The number of halogens is 3. The summed E-state index contributed by atoms with van der Waals surface area (Å²) in [4.78, 5) is 3.29. The van der Waals surface area contributed by atoms with Crippen molar-refractivity contribution in [1.29, 1.82) is 0 Å². The van der Waals surface area contributed by atoms with Crippen LogP contribution >= 0.6 is 0 Å². The molecule has 0 amide bonds. The summed E-state index contributed by atoms with van der Waals surface area (Å²) < 4.78 is 70.2. The van der Waals surface area contributed by atoms with Gasteiger partial charge < -0.3 is 4.52 Å². The van der Waals surface area contributed by atoms with Crippen molar-refractivity contribution in [2.75, 3.05) is 4.72 Å². The predicted molar refractivity (Wildman–Crippen MR) is 83.5 cm³/mol. The molecule has 0 aliphatic heterocycles. The summed E-state index contributed by atoms with van der Waals surface area (Å²) >= 11 is 0. The van der Waals surface area contributed by atoms with E-state index in [4.69, 9.17) is 0 Å². The van der Waals surface area contributed by atoms with Crippen molar-refractivity contribution >= 4 is 15.7 Å². The van der Waals surface area contributed by atoms with E-state index in [2.05, 4.69) is 24.5 Å². The quantitative estimate of drug-likeness (QED) is 0.738. The number of hydrogen-bond acceptors (Lipinski definition) is 6. The van der Waals surface area contributed by atoms with Crippen LogP contribution in [0.2, 0.25) is 0 Å². The second-order valence-electron chi connectivity index (χ2n) is 5.32. The van der Waals surface area contributed by atoms with Crippen molar-refractivity contribution in [2.24, 2.45) is 7.05 Å². The zero-order valence-electron chi connectivity index (χ0n) is 13.4. The third-order valence-corrected chi connectivity index (χ3v) is 5.03. The Kier molecular flexibility index (Phi) is 4.22. The van der Waals surface area contributed by atoms with Gasteiger partial charge in [0.05, 0.1) is 11.9 Å². The summed E-state index contributed by atoms with van der Waals surface area (Å²) in [7, 11) is -2.23. The maximum absolute atomic E-state index is 12.5. The van der Waals surface area contributed by atoms with Gasteiger partial charge in [0.15, 0.2) is 0 Å². The molecule has 0 spiro atoms. The van der Waals surface area contributed by atoms with Gasteiger partial charge in [0.1, 0.15) is 4.90 Å². The monoisotopic (exact) mass is 387 g/mol. The van der Waals surface area contributed by atoms with Crippen molar-refractivity contribution in [3.8, 4) is 11.4 Å². The molecule has 12 heteroatoms. The average Bonchev–Trinajstić information content (AvgIpc) is 3.16. The van der Waals surface area contributed by atoms with Crippen LogP contribution < -0.4 is 4.72 Å². The van der Waals surface area contributed by atoms with Crippen LogP contribution in [0, 0.1) is 6.92 Å². The van der Waals surface area contributed by atoms with Gasteiger partial charge in [-0.15, -0.1) is 0 Å². The summed E-state index contributed by atoms with van der Waals surface area (Å²) in [5.74, 6) is -1.71. The fourth-order valence-electron chi connectivity index (χ4n) is 2.10. The largest absolute Gasteiger partial charge is 0.471 e. The first-order valence-electron chi connectivity index (χ1n) is 7.11. The van der Waals surface area contributed by atoms with Gasteiger partial charge in [-0.2, -0.15) is 23.3 Å². The minimum absolute atomic E-state index is 0.0251. The van der Waals surface area contributed by atoms with Crippen LogP contribution in [0.5, 0.6) is 0 Å². The Morgan fingerprint density at radius 2 is 1.85 bits per heavy atom. The van der Waals surface area contributed by atoms with Gasteiger partial charge in [-0.05, 0) is 31.2 Å². The number of sulfonamides is 1. The molecule has 0 atom stereocenters. The van der Waals surface area contributed by atoms with Crippen molar-refractivity contribution in [2.45, 2.75) is 18.0 Å². The summed E-state index contributed by atoms with van der Waals surface area (Å²) in [6, 6.07) is 5.50. The lowest BCUT2D eigenvalue weighted by molar-refractivity contribution is -0.159. The smallest absolute Gasteiger partial charge is 0.329 e. The highest BCUT2D eigenvalue weighted by Gasteiger charge is 2.38. The highest BCUT2D eigenvalue weighted by Crippen LogP contribution is 2.29. The molecular formula is C14H12F3N5O3S. The molecule has 3 rings (SSSR count). The molecule has 2 heterocycles. The SMILES string of the molecule is Cc1c(S(=O)(=O)Nc2ccc(-c3noc(C(F)(F)F)n3)cc2)cnn1C. The molecule has 26 heavy (non-hydrogen) atoms. The third-order valence-electron chi connectivity index (χ3n) is 3.54. The number of aromatic nitrogens is 4. The first-order chi connectivity index (χ1) is 12.1. The number of anilines is 1. The lowest BCUT2D eigenvalue weighted by Gasteiger charge is -2.08. The number of hydrogen-bond donors (Lipinski definition) is 1. The minimum atomic E-state index is -4.73. The van der Waals surface area contributed by atoms with Crippen LogP contribution in [0.25, 0.3) is 11.4 Å². The molecule has 0 saturated carbocycles. The number of nitrogens with zero attached hydrogens (tertiary/aromatic N) is 4. The van der Waals surface area contributed by atoms with Gasteiger partial charge in [-0.3, -0.25) is 9.40 Å². The topological polar surface area (TPSA) is 103 Å². The Bertz CT molecular complexity index is 1040. The second-order valence-corrected chi connectivity index (χ2v) is 6.97. The number of aryl methyl sites for hydroxylation is 1. The molecule has 3 aromatic rings. The minimum Gasteiger partial charge on any atom is -0.329 e. The lowest BCUT2D eigenvalue weighted by atomic mass is 10.2. The van der Waals surface area contributed by atoms with Crippen molar-refractivity contribution < 1.29 is 26.1 Å². The Hall–Kier alpha value is -2.89. The zero-order chi connectivity index (χ0) is 19.1. The normalized spacial score (nSPS) is 12.3. The molecule has 138 valence electrons. The van der Waals surface area contributed by atoms with Gasteiger partial charge in [-0.1, -0.05) is 5.16 Å². The summed E-state index contributed by atoms with van der Waals surface area (Å²) in [6.07, 6.45) is -3.51. The highest BCUT2D eigenvalue weighted by molar-refractivity contribution is 7.92. The van der Waals surface area contributed by atoms with Gasteiger partial charge in [0.25, 0.3) is 10.0 Å². The van der Waals surface area contributed by atoms with Crippen molar-refractivity contribution in [3.05, 3.63) is 42.0 Å². The van der Waals surface area contributed by atoms with Gasteiger partial charge in [-0.25, -0.2) is 8.42 Å². The summed E-state index contributed by atoms with van der Waals surface area (Å²) in [5.41, 5.74) is 0.918. The van der Waals surface area contributed by atoms with Crippen molar-refractivity contribution in [3.63, 3.8) is 0 Å². The van der Waals surface area contributed by atoms with E-state index in [9.17, 15) is 21.6 Å². The second kappa shape index (κ2) is 6.12. The van der Waals surface area contributed by atoms with Gasteiger partial charge in [0.2, 0.25) is 5.82 Å². The lowest BCUT2D eigenvalue weighted by Crippen LogP contribution is -2.13. The predicted octanol–water partition coefficient (Wildman–Crippen LogP) is 2.60. The van der Waals surface area contributed by atoms with E-state index in [1.165, 1.54) is 35.1 Å². The number of alkyl halides is 3. The molecule has 0 fully saturated rings. The fraction of sp³-hybridized carbons (Fsp3) is 0.214. The van der Waals surface area contributed by atoms with E-state index in [1.807, 2.05) is 0 Å². The van der Waals surface area contributed by atoms with E-state index in [1.54, 1.807) is 14.0 Å². The molecule has 0 unspecified atom stereocenters. The molecule has 0 bridgehead atoms. The molecule has 1 N–H and O–H groups in total. The standard InChI is InChI=1S/C14H12F3N5O3S/c1-8-11(7-18-22(8)2)26(23,24)21-10-5-3-9(4-6-10)12-19-13(25-20-12)14(15,16)17/h3-7,21H,1-2H3. The Labute approximate surface area is 145 Å². The van der Waals surface area contributed by atoms with Crippen LogP contribution in [0.15, 0.2) is 39.9 Å². The van der Waals surface area contributed by atoms with E-state index >= 15 is 0 Å². The molecule has 0 saturated heterocycles. The van der Waals surface area contributed by atoms with Gasteiger partial charge >= 0.3 is 12.1 Å². The first kappa shape index (κ1) is 17.9. The summed E-state index contributed by atoms with van der Waals surface area (Å²) in [5, 5.41) is 7.14. The van der Waals surface area contributed by atoms with Crippen LogP contribution in [0.3, 0.4) is 0 Å². The van der Waals surface area contributed by atoms with E-state index in [0.717, 1.165) is 0 Å².